The first-order valence-electron chi connectivity index (χ1n) is 7.84. The van der Waals surface area contributed by atoms with E-state index >= 15 is 0 Å². The van der Waals surface area contributed by atoms with Gasteiger partial charge in [-0.1, -0.05) is 6.07 Å². The van der Waals surface area contributed by atoms with Gasteiger partial charge in [-0.15, -0.1) is 11.8 Å². The molecule has 0 fully saturated rings. The van der Waals surface area contributed by atoms with E-state index in [1.54, 1.807) is 0 Å². The van der Waals surface area contributed by atoms with Crippen LogP contribution in [0.3, 0.4) is 0 Å². The van der Waals surface area contributed by atoms with Gasteiger partial charge in [-0.2, -0.15) is 4.98 Å². The summed E-state index contributed by atoms with van der Waals surface area (Å²) in [4.78, 5) is 27.3. The van der Waals surface area contributed by atoms with Crippen molar-refractivity contribution in [3.63, 3.8) is 0 Å². The third kappa shape index (κ3) is 3.68. The first-order chi connectivity index (χ1) is 12.7. The molecule has 0 saturated heterocycles. The number of nitrogens with one attached hydrogen (secondary N) is 2. The van der Waals surface area contributed by atoms with Gasteiger partial charge in [0.2, 0.25) is 18.0 Å². The highest BCUT2D eigenvalue weighted by molar-refractivity contribution is 7.99. The molecule has 26 heavy (non-hydrogen) atoms. The van der Waals surface area contributed by atoms with E-state index in [4.69, 9.17) is 21.1 Å². The molecule has 134 valence electrons. The number of H-pyrrole nitrogens is 1. The van der Waals surface area contributed by atoms with Crippen LogP contribution in [0.15, 0.2) is 29.6 Å². The van der Waals surface area contributed by atoms with E-state index in [0.29, 0.717) is 35.1 Å². The first kappa shape index (κ1) is 16.9. The number of carbonyl (C=O) groups excluding carboxylic acids is 1. The number of halogens is 1. The monoisotopic (exact) mass is 391 g/mol. The summed E-state index contributed by atoms with van der Waals surface area (Å²) < 4.78 is 10.6. The van der Waals surface area contributed by atoms with Crippen molar-refractivity contribution in [2.24, 2.45) is 0 Å². The Morgan fingerprint density at radius 1 is 1.31 bits per heavy atom. The number of aromatic amines is 1. The summed E-state index contributed by atoms with van der Waals surface area (Å²) in [5.41, 5.74) is 2.19. The summed E-state index contributed by atoms with van der Waals surface area (Å²) in [7, 11) is 0. The molecule has 1 aliphatic rings. The molecule has 2 N–H and O–H groups in total. The molecule has 2 aromatic heterocycles. The molecule has 0 radical (unpaired) electrons. The van der Waals surface area contributed by atoms with Crippen LogP contribution in [0.2, 0.25) is 5.28 Å². The Hall–Kier alpha value is -2.52. The Morgan fingerprint density at radius 3 is 3.12 bits per heavy atom. The van der Waals surface area contributed by atoms with Crippen LogP contribution in [0.1, 0.15) is 12.0 Å². The number of rotatable bonds is 6. The molecule has 0 atom stereocenters. The maximum atomic E-state index is 12.1. The van der Waals surface area contributed by atoms with Gasteiger partial charge < -0.3 is 19.8 Å². The normalized spacial score (nSPS) is 12.5. The Bertz CT molecular complexity index is 964. The summed E-state index contributed by atoms with van der Waals surface area (Å²) in [6, 6.07) is 5.61. The molecule has 0 aliphatic carbocycles. The zero-order valence-electron chi connectivity index (χ0n) is 13.5. The quantitative estimate of drug-likeness (QED) is 0.378. The van der Waals surface area contributed by atoms with Gasteiger partial charge in [-0.25, -0.2) is 9.97 Å². The molecule has 10 heteroatoms. The molecular weight excluding hydrogens is 378 g/mol. The van der Waals surface area contributed by atoms with Gasteiger partial charge in [0.25, 0.3) is 0 Å². The molecule has 1 aliphatic heterocycles. The predicted molar refractivity (Wildman–Crippen MR) is 96.4 cm³/mol. The molecule has 0 bridgehead atoms. The van der Waals surface area contributed by atoms with Crippen molar-refractivity contribution < 1.29 is 14.3 Å². The second-order valence-corrected chi connectivity index (χ2v) is 6.88. The van der Waals surface area contributed by atoms with Crippen molar-refractivity contribution in [1.82, 2.24) is 25.3 Å². The SMILES string of the molecule is O=C(CCSc1nc(Cl)nc2nc[nH]c12)NCc1ccc2c(c1)OCO2. The molecule has 8 nitrogen and oxygen atoms in total. The molecule has 0 spiro atoms. The van der Waals surface area contributed by atoms with Crippen LogP contribution in [0, 0.1) is 0 Å². The summed E-state index contributed by atoms with van der Waals surface area (Å²) in [5, 5.41) is 3.71. The van der Waals surface area contributed by atoms with Crippen LogP contribution < -0.4 is 14.8 Å². The lowest BCUT2D eigenvalue weighted by atomic mass is 10.2. The van der Waals surface area contributed by atoms with Gasteiger partial charge in [0, 0.05) is 18.7 Å². The highest BCUT2D eigenvalue weighted by Gasteiger charge is 2.14. The fraction of sp³-hybridized carbons (Fsp3) is 0.250. The third-order valence-corrected chi connectivity index (χ3v) is 4.87. The average molecular weight is 392 g/mol. The largest absolute Gasteiger partial charge is 0.454 e. The maximum Gasteiger partial charge on any atom is 0.231 e. The van der Waals surface area contributed by atoms with Crippen LogP contribution in [0.5, 0.6) is 11.5 Å². The van der Waals surface area contributed by atoms with Gasteiger partial charge in [-0.3, -0.25) is 4.79 Å². The number of ether oxygens (including phenoxy) is 2. The maximum absolute atomic E-state index is 12.1. The zero-order chi connectivity index (χ0) is 17.9. The van der Waals surface area contributed by atoms with E-state index in [0.717, 1.165) is 16.8 Å². The van der Waals surface area contributed by atoms with Crippen molar-refractivity contribution in [2.75, 3.05) is 12.5 Å². The number of thioether (sulfide) groups is 1. The molecule has 3 heterocycles. The molecule has 3 aromatic rings. The molecule has 1 amide bonds. The Morgan fingerprint density at radius 2 is 2.19 bits per heavy atom. The number of nitrogens with zero attached hydrogens (tertiary/aromatic N) is 3. The molecule has 0 unspecified atom stereocenters. The summed E-state index contributed by atoms with van der Waals surface area (Å²) in [5.74, 6) is 1.95. The number of imidazole rings is 1. The van der Waals surface area contributed by atoms with E-state index in [9.17, 15) is 4.79 Å². The minimum atomic E-state index is -0.0452. The van der Waals surface area contributed by atoms with Crippen LogP contribution in [-0.2, 0) is 11.3 Å². The summed E-state index contributed by atoms with van der Waals surface area (Å²) in [6.07, 6.45) is 1.89. The number of hydrogen-bond donors (Lipinski definition) is 2. The van der Waals surface area contributed by atoms with Gasteiger partial charge in [0.05, 0.1) is 6.33 Å². The average Bonchev–Trinajstić information content (AvgIpc) is 3.28. The molecule has 1 aromatic carbocycles. The number of aromatic nitrogens is 4. The minimum Gasteiger partial charge on any atom is -0.454 e. The van der Waals surface area contributed by atoms with Gasteiger partial charge in [0.1, 0.15) is 10.5 Å². The van der Waals surface area contributed by atoms with E-state index < -0.39 is 0 Å². The van der Waals surface area contributed by atoms with Gasteiger partial charge >= 0.3 is 0 Å². The second kappa shape index (κ2) is 7.38. The van der Waals surface area contributed by atoms with Crippen molar-refractivity contribution in [3.8, 4) is 11.5 Å². The number of carbonyl (C=O) groups is 1. The van der Waals surface area contributed by atoms with Crippen molar-refractivity contribution in [2.45, 2.75) is 18.0 Å². The summed E-state index contributed by atoms with van der Waals surface area (Å²) in [6.45, 7) is 0.670. The van der Waals surface area contributed by atoms with E-state index in [1.165, 1.54) is 18.1 Å². The Balaban J connectivity index is 1.28. The third-order valence-electron chi connectivity index (χ3n) is 3.72. The second-order valence-electron chi connectivity index (χ2n) is 5.46. The van der Waals surface area contributed by atoms with Crippen LogP contribution >= 0.6 is 23.4 Å². The number of fused-ring (bicyclic) bond motifs is 2. The van der Waals surface area contributed by atoms with E-state index in [-0.39, 0.29) is 18.0 Å². The lowest BCUT2D eigenvalue weighted by molar-refractivity contribution is -0.120. The lowest BCUT2D eigenvalue weighted by Crippen LogP contribution is -2.23. The zero-order valence-corrected chi connectivity index (χ0v) is 15.1. The Kier molecular flexibility index (Phi) is 4.81. The lowest BCUT2D eigenvalue weighted by Gasteiger charge is -2.06. The fourth-order valence-corrected chi connectivity index (χ4v) is 3.61. The minimum absolute atomic E-state index is 0.0452. The van der Waals surface area contributed by atoms with Crippen LogP contribution in [0.4, 0.5) is 0 Å². The summed E-state index contributed by atoms with van der Waals surface area (Å²) >= 11 is 7.32. The number of amides is 1. The smallest absolute Gasteiger partial charge is 0.231 e. The first-order valence-corrected chi connectivity index (χ1v) is 9.20. The van der Waals surface area contributed by atoms with E-state index in [1.807, 2.05) is 18.2 Å². The van der Waals surface area contributed by atoms with Crippen LogP contribution in [-0.4, -0.2) is 38.4 Å². The van der Waals surface area contributed by atoms with Crippen LogP contribution in [0.25, 0.3) is 11.2 Å². The van der Waals surface area contributed by atoms with Crippen molar-refractivity contribution >= 4 is 40.4 Å². The molecule has 0 saturated carbocycles. The standard InChI is InChI=1S/C16H14ClN5O3S/c17-16-21-14-13(19-7-20-14)15(22-16)26-4-3-12(23)18-6-9-1-2-10-11(5-9)25-8-24-10/h1-2,5,7H,3-4,6,8H2,(H,18,23)(H,19,20,21,22). The van der Waals surface area contributed by atoms with Crippen molar-refractivity contribution in [1.29, 1.82) is 0 Å². The number of hydrogen-bond acceptors (Lipinski definition) is 7. The number of benzene rings is 1. The topological polar surface area (TPSA) is 102 Å². The van der Waals surface area contributed by atoms with Gasteiger partial charge in [-0.05, 0) is 29.3 Å². The molecule has 4 rings (SSSR count). The van der Waals surface area contributed by atoms with E-state index in [2.05, 4.69) is 25.3 Å². The fourth-order valence-electron chi connectivity index (χ4n) is 2.47. The predicted octanol–water partition coefficient (Wildman–Crippen LogP) is 2.53. The highest BCUT2D eigenvalue weighted by Crippen LogP contribution is 2.32. The molecular formula is C16H14ClN5O3S. The highest BCUT2D eigenvalue weighted by atomic mass is 35.5. The Labute approximate surface area is 157 Å². The van der Waals surface area contributed by atoms with Crippen molar-refractivity contribution in [3.05, 3.63) is 35.4 Å². The van der Waals surface area contributed by atoms with Gasteiger partial charge in [0.15, 0.2) is 17.1 Å².